The molecule has 2 fully saturated rings. The molecule has 2 heterocycles. The van der Waals surface area contributed by atoms with Gasteiger partial charge in [-0.2, -0.15) is 0 Å². The summed E-state index contributed by atoms with van der Waals surface area (Å²) >= 11 is 0. The molecule has 13 nitrogen and oxygen atoms in total. The zero-order chi connectivity index (χ0) is 21.7. The summed E-state index contributed by atoms with van der Waals surface area (Å²) in [5.74, 6) is -1.46. The predicted molar refractivity (Wildman–Crippen MR) is 90.6 cm³/mol. The van der Waals surface area contributed by atoms with Crippen LogP contribution in [0.1, 0.15) is 0 Å². The van der Waals surface area contributed by atoms with Crippen LogP contribution in [0.4, 0.5) is 0 Å². The first-order chi connectivity index (χ1) is 13.8. The smallest absolute Gasteiger partial charge is 0.335 e. The standard InChI is InChI=1S/C16H27NO12/c1-25-12-9(21)10(22)16(29-13(12)14(23)24)28-11-7(17-3-4-18)15(26-2)27-6(5-19)8(11)20/h4,6-13,15-17,19-22H,3,5H2,1-2H3,(H,23,24). The molecule has 0 aliphatic carbocycles. The van der Waals surface area contributed by atoms with E-state index >= 15 is 0 Å². The first-order valence-corrected chi connectivity index (χ1v) is 8.87. The molecule has 2 aliphatic rings. The van der Waals surface area contributed by atoms with Crippen LogP contribution in [0.3, 0.4) is 0 Å². The van der Waals surface area contributed by atoms with Gasteiger partial charge in [0.2, 0.25) is 0 Å². The van der Waals surface area contributed by atoms with Crippen molar-refractivity contribution in [1.82, 2.24) is 5.32 Å². The van der Waals surface area contributed by atoms with E-state index in [0.29, 0.717) is 6.29 Å². The maximum atomic E-state index is 11.5. The first-order valence-electron chi connectivity index (χ1n) is 8.87. The third kappa shape index (κ3) is 5.08. The first kappa shape index (κ1) is 24.0. The number of hydrogen-bond acceptors (Lipinski definition) is 12. The molecule has 0 radical (unpaired) electrons. The van der Waals surface area contributed by atoms with Gasteiger partial charge < -0.3 is 59.3 Å². The molecule has 10 atom stereocenters. The van der Waals surface area contributed by atoms with Crippen molar-refractivity contribution in [1.29, 1.82) is 0 Å². The Hall–Kier alpha value is -1.26. The molecule has 6 N–H and O–H groups in total. The molecule has 0 aromatic rings. The highest BCUT2D eigenvalue weighted by molar-refractivity contribution is 5.73. The average molecular weight is 425 g/mol. The van der Waals surface area contributed by atoms with Crippen molar-refractivity contribution in [2.45, 2.75) is 61.3 Å². The summed E-state index contributed by atoms with van der Waals surface area (Å²) in [6.45, 7) is -0.758. The number of rotatable bonds is 9. The van der Waals surface area contributed by atoms with E-state index in [1.54, 1.807) is 0 Å². The minimum atomic E-state index is -1.72. The van der Waals surface area contributed by atoms with E-state index in [-0.39, 0.29) is 6.54 Å². The van der Waals surface area contributed by atoms with Gasteiger partial charge in [0.15, 0.2) is 18.7 Å². The van der Waals surface area contributed by atoms with Gasteiger partial charge in [0.1, 0.15) is 42.9 Å². The van der Waals surface area contributed by atoms with Crippen molar-refractivity contribution in [3.63, 3.8) is 0 Å². The average Bonchev–Trinajstić information content (AvgIpc) is 2.71. The van der Waals surface area contributed by atoms with Crippen LogP contribution >= 0.6 is 0 Å². The lowest BCUT2D eigenvalue weighted by Gasteiger charge is -2.47. The van der Waals surface area contributed by atoms with E-state index in [2.05, 4.69) is 5.32 Å². The second kappa shape index (κ2) is 10.7. The molecule has 0 amide bonds. The molecule has 0 aromatic carbocycles. The highest BCUT2D eigenvalue weighted by Gasteiger charge is 2.52. The summed E-state index contributed by atoms with van der Waals surface area (Å²) in [6.07, 6.45) is -12.5. The van der Waals surface area contributed by atoms with E-state index in [1.165, 1.54) is 7.11 Å². The maximum Gasteiger partial charge on any atom is 0.335 e. The predicted octanol–water partition coefficient (Wildman–Crippen LogP) is -4.20. The fourth-order valence-electron chi connectivity index (χ4n) is 3.40. The van der Waals surface area contributed by atoms with E-state index in [9.17, 15) is 35.1 Å². The lowest BCUT2D eigenvalue weighted by Crippen LogP contribution is -2.68. The van der Waals surface area contributed by atoms with Gasteiger partial charge in [0.25, 0.3) is 0 Å². The fraction of sp³-hybridized carbons (Fsp3) is 0.875. The van der Waals surface area contributed by atoms with E-state index in [1.807, 2.05) is 0 Å². The van der Waals surface area contributed by atoms with Gasteiger partial charge in [-0.05, 0) is 0 Å². The summed E-state index contributed by atoms with van der Waals surface area (Å²) < 4.78 is 26.4. The van der Waals surface area contributed by atoms with Crippen molar-refractivity contribution in [2.24, 2.45) is 0 Å². The lowest BCUT2D eigenvalue weighted by atomic mass is 9.95. The number of carbonyl (C=O) groups excluding carboxylic acids is 1. The van der Waals surface area contributed by atoms with Gasteiger partial charge in [0.05, 0.1) is 19.2 Å². The minimum absolute atomic E-state index is 0.162. The second-order valence-corrected chi connectivity index (χ2v) is 6.60. The number of hydrogen-bond donors (Lipinski definition) is 6. The SMILES string of the molecule is COC1OC(CO)C(O)C(OC2OC(C(=O)O)C(OC)C(O)C2O)C1NCC=O. The second-order valence-electron chi connectivity index (χ2n) is 6.60. The molecule has 29 heavy (non-hydrogen) atoms. The minimum Gasteiger partial charge on any atom is -0.479 e. The molecular formula is C16H27NO12. The van der Waals surface area contributed by atoms with Crippen LogP contribution in [-0.4, -0.2) is 127 Å². The Bertz CT molecular complexity index is 550. The highest BCUT2D eigenvalue weighted by atomic mass is 16.7. The zero-order valence-electron chi connectivity index (χ0n) is 15.9. The van der Waals surface area contributed by atoms with Gasteiger partial charge in [-0.25, -0.2) is 4.79 Å². The maximum absolute atomic E-state index is 11.5. The van der Waals surface area contributed by atoms with Crippen LogP contribution in [0.25, 0.3) is 0 Å². The zero-order valence-corrected chi connectivity index (χ0v) is 15.9. The van der Waals surface area contributed by atoms with Crippen LogP contribution in [0, 0.1) is 0 Å². The molecular weight excluding hydrogens is 398 g/mol. The van der Waals surface area contributed by atoms with Crippen molar-refractivity contribution >= 4 is 12.3 Å². The highest BCUT2D eigenvalue weighted by Crippen LogP contribution is 2.30. The Kier molecular flexibility index (Phi) is 8.84. The van der Waals surface area contributed by atoms with E-state index < -0.39 is 73.9 Å². The summed E-state index contributed by atoms with van der Waals surface area (Å²) in [6, 6.07) is -0.959. The quantitative estimate of drug-likeness (QED) is 0.195. The Morgan fingerprint density at radius 1 is 1.03 bits per heavy atom. The Labute approximate surface area is 166 Å². The Morgan fingerprint density at radius 2 is 1.72 bits per heavy atom. The number of methoxy groups -OCH3 is 2. The number of carbonyl (C=O) groups is 2. The number of nitrogens with one attached hydrogen (secondary N) is 1. The van der Waals surface area contributed by atoms with Gasteiger partial charge in [0, 0.05) is 14.2 Å². The van der Waals surface area contributed by atoms with Gasteiger partial charge in [-0.15, -0.1) is 0 Å². The number of ether oxygens (including phenoxy) is 5. The number of carboxylic acid groups (broad SMARTS) is 1. The monoisotopic (exact) mass is 425 g/mol. The summed E-state index contributed by atoms with van der Waals surface area (Å²) in [7, 11) is 2.44. The van der Waals surface area contributed by atoms with Crippen LogP contribution in [0.15, 0.2) is 0 Å². The van der Waals surface area contributed by atoms with Crippen LogP contribution in [-0.2, 0) is 33.3 Å². The molecule has 10 unspecified atom stereocenters. The van der Waals surface area contributed by atoms with Crippen LogP contribution in [0.2, 0.25) is 0 Å². The van der Waals surface area contributed by atoms with Gasteiger partial charge in [-0.3, -0.25) is 0 Å². The topological polar surface area (TPSA) is 193 Å². The van der Waals surface area contributed by atoms with Gasteiger partial charge >= 0.3 is 5.97 Å². The van der Waals surface area contributed by atoms with Gasteiger partial charge in [-0.1, -0.05) is 0 Å². The third-order valence-corrected chi connectivity index (χ3v) is 4.87. The molecule has 2 saturated heterocycles. The van der Waals surface area contributed by atoms with E-state index in [4.69, 9.17) is 23.7 Å². The summed E-state index contributed by atoms with van der Waals surface area (Å²) in [5, 5.41) is 52.6. The summed E-state index contributed by atoms with van der Waals surface area (Å²) in [5.41, 5.74) is 0. The van der Waals surface area contributed by atoms with Crippen molar-refractivity contribution < 1.29 is 58.8 Å². The van der Waals surface area contributed by atoms with Crippen molar-refractivity contribution in [3.8, 4) is 0 Å². The molecule has 0 saturated carbocycles. The lowest BCUT2D eigenvalue weighted by molar-refractivity contribution is -0.340. The van der Waals surface area contributed by atoms with E-state index in [0.717, 1.165) is 7.11 Å². The van der Waals surface area contributed by atoms with Crippen molar-refractivity contribution in [2.75, 3.05) is 27.4 Å². The fourth-order valence-corrected chi connectivity index (χ4v) is 3.40. The largest absolute Gasteiger partial charge is 0.479 e. The molecule has 168 valence electrons. The molecule has 0 bridgehead atoms. The normalized spacial score (nSPS) is 43.1. The summed E-state index contributed by atoms with van der Waals surface area (Å²) in [4.78, 5) is 22.2. The molecule has 2 aliphatic heterocycles. The molecule has 13 heteroatoms. The Morgan fingerprint density at radius 3 is 2.24 bits per heavy atom. The van der Waals surface area contributed by atoms with Crippen molar-refractivity contribution in [3.05, 3.63) is 0 Å². The van der Waals surface area contributed by atoms with Crippen LogP contribution in [0.5, 0.6) is 0 Å². The van der Waals surface area contributed by atoms with Crippen LogP contribution < -0.4 is 5.32 Å². The Balaban J connectivity index is 2.27. The molecule has 0 aromatic heterocycles. The molecule has 0 spiro atoms. The molecule has 2 rings (SSSR count). The number of aliphatic hydroxyl groups excluding tert-OH is 4. The number of carboxylic acids is 1. The number of aliphatic carboxylic acids is 1. The number of aliphatic hydroxyl groups is 4. The number of aldehydes is 1. The third-order valence-electron chi connectivity index (χ3n) is 4.87.